The summed E-state index contributed by atoms with van der Waals surface area (Å²) in [6.45, 7) is 3.93. The molecule has 0 saturated carbocycles. The summed E-state index contributed by atoms with van der Waals surface area (Å²) in [4.78, 5) is 30.2. The Labute approximate surface area is 168 Å². The number of nitrogens with one attached hydrogen (secondary N) is 1. The molecule has 144 valence electrons. The van der Waals surface area contributed by atoms with Crippen LogP contribution in [0.1, 0.15) is 27.3 Å². The second kappa shape index (κ2) is 7.72. The fourth-order valence-electron chi connectivity index (χ4n) is 3.32. The van der Waals surface area contributed by atoms with Crippen LogP contribution in [0.3, 0.4) is 0 Å². The lowest BCUT2D eigenvalue weighted by Crippen LogP contribution is -2.24. The zero-order chi connectivity index (χ0) is 20.4. The van der Waals surface area contributed by atoms with Crippen molar-refractivity contribution in [2.45, 2.75) is 20.4 Å². The first-order chi connectivity index (χ1) is 14.0. The molecule has 2 aromatic carbocycles. The number of hydrogen-bond donors (Lipinski definition) is 1. The third-order valence-corrected chi connectivity index (χ3v) is 4.80. The molecular weight excluding hydrogens is 364 g/mol. The van der Waals surface area contributed by atoms with Crippen molar-refractivity contribution < 1.29 is 9.21 Å². The molecule has 2 aromatic heterocycles. The zero-order valence-electron chi connectivity index (χ0n) is 16.2. The summed E-state index contributed by atoms with van der Waals surface area (Å²) < 4.78 is 6.11. The molecule has 0 spiro atoms. The van der Waals surface area contributed by atoms with Gasteiger partial charge in [-0.3, -0.25) is 14.6 Å². The van der Waals surface area contributed by atoms with E-state index in [-0.39, 0.29) is 16.9 Å². The summed E-state index contributed by atoms with van der Waals surface area (Å²) in [5.74, 6) is 0.161. The average Bonchev–Trinajstić information content (AvgIpc) is 2.75. The molecule has 4 rings (SSSR count). The summed E-state index contributed by atoms with van der Waals surface area (Å²) in [7, 11) is 0. The van der Waals surface area contributed by atoms with Gasteiger partial charge >= 0.3 is 0 Å². The molecule has 0 atom stereocenters. The quantitative estimate of drug-likeness (QED) is 0.566. The maximum atomic E-state index is 12.9. The Balaban J connectivity index is 1.75. The molecule has 0 fully saturated rings. The van der Waals surface area contributed by atoms with Crippen molar-refractivity contribution in [2.24, 2.45) is 0 Å². The van der Waals surface area contributed by atoms with Gasteiger partial charge < -0.3 is 9.73 Å². The molecule has 0 aliphatic carbocycles. The number of pyridine rings is 1. The Bertz CT molecular complexity index is 1260. The number of carbonyl (C=O) groups excluding carboxylic acids is 1. The standard InChI is InChI=1S/C24H20N2O3/c1-15-8-6-11-18(26-15)14-25-24(28)20-13-7-12-19-21(27)16(2)22(29-23(19)20)17-9-4-3-5-10-17/h3-13H,14H2,1-2H3,(H,25,28). The van der Waals surface area contributed by atoms with E-state index in [0.29, 0.717) is 28.8 Å². The van der Waals surface area contributed by atoms with Crippen LogP contribution in [0.4, 0.5) is 0 Å². The van der Waals surface area contributed by atoms with Gasteiger partial charge in [0, 0.05) is 16.8 Å². The molecule has 0 radical (unpaired) electrons. The Morgan fingerprint density at radius 1 is 0.966 bits per heavy atom. The fourth-order valence-corrected chi connectivity index (χ4v) is 3.32. The number of hydrogen-bond acceptors (Lipinski definition) is 4. The van der Waals surface area contributed by atoms with Gasteiger partial charge in [0.1, 0.15) is 5.76 Å². The van der Waals surface area contributed by atoms with Gasteiger partial charge in [0.2, 0.25) is 0 Å². The fraction of sp³-hybridized carbons (Fsp3) is 0.125. The van der Waals surface area contributed by atoms with E-state index in [1.165, 1.54) is 0 Å². The second-order valence-electron chi connectivity index (χ2n) is 6.89. The number of benzene rings is 2. The van der Waals surface area contributed by atoms with E-state index in [1.54, 1.807) is 25.1 Å². The van der Waals surface area contributed by atoms with Crippen LogP contribution < -0.4 is 10.7 Å². The van der Waals surface area contributed by atoms with Crippen LogP contribution in [0.15, 0.2) is 75.9 Å². The highest BCUT2D eigenvalue weighted by atomic mass is 16.3. The van der Waals surface area contributed by atoms with Crippen LogP contribution in [-0.4, -0.2) is 10.9 Å². The topological polar surface area (TPSA) is 72.2 Å². The number of aryl methyl sites for hydroxylation is 1. The van der Waals surface area contributed by atoms with Crippen molar-refractivity contribution in [1.29, 1.82) is 0 Å². The van der Waals surface area contributed by atoms with E-state index in [1.807, 2.05) is 55.5 Å². The summed E-state index contributed by atoms with van der Waals surface area (Å²) in [5, 5.41) is 3.26. The van der Waals surface area contributed by atoms with Gasteiger partial charge in [0.15, 0.2) is 11.0 Å². The SMILES string of the molecule is Cc1cccc(CNC(=O)c2cccc3c(=O)c(C)c(-c4ccccc4)oc23)n1. The van der Waals surface area contributed by atoms with Gasteiger partial charge in [0.25, 0.3) is 5.91 Å². The maximum Gasteiger partial charge on any atom is 0.255 e. The molecule has 0 aliphatic heterocycles. The van der Waals surface area contributed by atoms with Gasteiger partial charge in [0.05, 0.1) is 23.2 Å². The highest BCUT2D eigenvalue weighted by molar-refractivity contribution is 6.05. The zero-order valence-corrected chi connectivity index (χ0v) is 16.2. The van der Waals surface area contributed by atoms with Crippen molar-refractivity contribution in [2.75, 3.05) is 0 Å². The van der Waals surface area contributed by atoms with Gasteiger partial charge in [-0.05, 0) is 38.1 Å². The van der Waals surface area contributed by atoms with Gasteiger partial charge in [-0.1, -0.05) is 42.5 Å². The molecule has 5 heteroatoms. The maximum absolute atomic E-state index is 12.9. The molecule has 2 heterocycles. The molecule has 29 heavy (non-hydrogen) atoms. The third-order valence-electron chi connectivity index (χ3n) is 4.80. The first-order valence-corrected chi connectivity index (χ1v) is 9.37. The molecular formula is C24H20N2O3. The molecule has 0 unspecified atom stereocenters. The number of aromatic nitrogens is 1. The predicted molar refractivity (Wildman–Crippen MR) is 113 cm³/mol. The predicted octanol–water partition coefficient (Wildman–Crippen LogP) is 4.40. The highest BCUT2D eigenvalue weighted by Crippen LogP contribution is 2.27. The lowest BCUT2D eigenvalue weighted by atomic mass is 10.0. The Hall–Kier alpha value is -3.73. The largest absolute Gasteiger partial charge is 0.455 e. The summed E-state index contributed by atoms with van der Waals surface area (Å²) >= 11 is 0. The van der Waals surface area contributed by atoms with Crippen LogP contribution in [0.25, 0.3) is 22.3 Å². The first-order valence-electron chi connectivity index (χ1n) is 9.37. The minimum absolute atomic E-state index is 0.139. The van der Waals surface area contributed by atoms with Crippen LogP contribution in [0, 0.1) is 13.8 Å². The van der Waals surface area contributed by atoms with Gasteiger partial charge in [-0.15, -0.1) is 0 Å². The van der Waals surface area contributed by atoms with Crippen molar-refractivity contribution in [3.63, 3.8) is 0 Å². The van der Waals surface area contributed by atoms with E-state index in [4.69, 9.17) is 4.42 Å². The van der Waals surface area contributed by atoms with Gasteiger partial charge in [-0.25, -0.2) is 0 Å². The summed E-state index contributed by atoms with van der Waals surface area (Å²) in [6, 6.07) is 20.1. The van der Waals surface area contributed by atoms with Crippen molar-refractivity contribution in [3.8, 4) is 11.3 Å². The molecule has 1 amide bonds. The van der Waals surface area contributed by atoms with Crippen LogP contribution in [0.5, 0.6) is 0 Å². The minimum Gasteiger partial charge on any atom is -0.455 e. The molecule has 5 nitrogen and oxygen atoms in total. The van der Waals surface area contributed by atoms with Crippen LogP contribution in [0.2, 0.25) is 0 Å². The Kier molecular flexibility index (Phi) is 4.96. The molecule has 0 aliphatic rings. The number of fused-ring (bicyclic) bond motifs is 1. The van der Waals surface area contributed by atoms with E-state index >= 15 is 0 Å². The second-order valence-corrected chi connectivity index (χ2v) is 6.89. The smallest absolute Gasteiger partial charge is 0.255 e. The van der Waals surface area contributed by atoms with E-state index in [0.717, 1.165) is 17.0 Å². The third kappa shape index (κ3) is 3.67. The number of para-hydroxylation sites is 1. The average molecular weight is 384 g/mol. The number of amides is 1. The molecule has 4 aromatic rings. The number of rotatable bonds is 4. The molecule has 1 N–H and O–H groups in total. The number of nitrogens with zero attached hydrogens (tertiary/aromatic N) is 1. The summed E-state index contributed by atoms with van der Waals surface area (Å²) in [5.41, 5.74) is 3.44. The normalized spacial score (nSPS) is 10.8. The molecule has 0 bridgehead atoms. The van der Waals surface area contributed by atoms with Crippen molar-refractivity contribution in [3.05, 3.63) is 99.5 Å². The van der Waals surface area contributed by atoms with Crippen molar-refractivity contribution in [1.82, 2.24) is 10.3 Å². The minimum atomic E-state index is -0.315. The van der Waals surface area contributed by atoms with E-state index < -0.39 is 0 Å². The van der Waals surface area contributed by atoms with Crippen LogP contribution in [-0.2, 0) is 6.54 Å². The lowest BCUT2D eigenvalue weighted by molar-refractivity contribution is 0.0951. The highest BCUT2D eigenvalue weighted by Gasteiger charge is 2.18. The van der Waals surface area contributed by atoms with E-state index in [2.05, 4.69) is 10.3 Å². The van der Waals surface area contributed by atoms with Crippen molar-refractivity contribution >= 4 is 16.9 Å². The monoisotopic (exact) mass is 384 g/mol. The Morgan fingerprint density at radius 2 is 1.72 bits per heavy atom. The Morgan fingerprint density at radius 3 is 2.48 bits per heavy atom. The lowest BCUT2D eigenvalue weighted by Gasteiger charge is -2.11. The van der Waals surface area contributed by atoms with E-state index in [9.17, 15) is 9.59 Å². The molecule has 0 saturated heterocycles. The van der Waals surface area contributed by atoms with Gasteiger partial charge in [-0.2, -0.15) is 0 Å². The number of carbonyl (C=O) groups is 1. The first kappa shape index (κ1) is 18.6. The summed E-state index contributed by atoms with van der Waals surface area (Å²) in [6.07, 6.45) is 0. The van der Waals surface area contributed by atoms with Crippen LogP contribution >= 0.6 is 0 Å².